The molecule has 8 heteroatoms. The Kier molecular flexibility index (Phi) is 5.65. The predicted octanol–water partition coefficient (Wildman–Crippen LogP) is 2.18. The summed E-state index contributed by atoms with van der Waals surface area (Å²) >= 11 is 0. The van der Waals surface area contributed by atoms with Crippen LogP contribution in [0.3, 0.4) is 0 Å². The van der Waals surface area contributed by atoms with Crippen molar-refractivity contribution in [3.05, 3.63) is 35.2 Å². The number of aryl methyl sites for hydroxylation is 2. The van der Waals surface area contributed by atoms with Gasteiger partial charge in [0.2, 0.25) is 11.8 Å². The zero-order chi connectivity index (χ0) is 23.2. The molecular weight excluding hydrogens is 406 g/mol. The Labute approximate surface area is 188 Å². The summed E-state index contributed by atoms with van der Waals surface area (Å²) in [5.74, 6) is -0.303. The fourth-order valence-electron chi connectivity index (χ4n) is 4.46. The molecule has 2 aromatic rings. The van der Waals surface area contributed by atoms with Crippen molar-refractivity contribution in [2.75, 3.05) is 32.7 Å². The highest BCUT2D eigenvalue weighted by molar-refractivity contribution is 5.97. The molecular formula is C24H31N5O3. The van der Waals surface area contributed by atoms with E-state index >= 15 is 0 Å². The molecule has 0 bridgehead atoms. The summed E-state index contributed by atoms with van der Waals surface area (Å²) in [6.45, 7) is 12.2. The van der Waals surface area contributed by atoms with E-state index in [1.807, 2.05) is 40.7 Å². The predicted molar refractivity (Wildman–Crippen MR) is 121 cm³/mol. The first-order chi connectivity index (χ1) is 15.0. The van der Waals surface area contributed by atoms with Crippen LogP contribution in [0.4, 0.5) is 0 Å². The first-order valence-electron chi connectivity index (χ1n) is 11.2. The summed E-state index contributed by atoms with van der Waals surface area (Å²) in [7, 11) is 0. The van der Waals surface area contributed by atoms with Gasteiger partial charge in [-0.3, -0.25) is 14.4 Å². The molecule has 0 N–H and O–H groups in total. The molecule has 0 aliphatic carbocycles. The highest BCUT2D eigenvalue weighted by Crippen LogP contribution is 2.27. The summed E-state index contributed by atoms with van der Waals surface area (Å²) in [5, 5.41) is 0. The first kappa shape index (κ1) is 22.2. The van der Waals surface area contributed by atoms with E-state index in [-0.39, 0.29) is 35.6 Å². The summed E-state index contributed by atoms with van der Waals surface area (Å²) in [6, 6.07) is 5.41. The minimum atomic E-state index is -0.297. The molecule has 2 fully saturated rings. The number of carbonyl (C=O) groups excluding carboxylic acids is 3. The average molecular weight is 438 g/mol. The molecule has 0 spiro atoms. The van der Waals surface area contributed by atoms with Crippen molar-refractivity contribution in [3.8, 4) is 0 Å². The van der Waals surface area contributed by atoms with E-state index in [1.165, 1.54) is 0 Å². The van der Waals surface area contributed by atoms with Crippen molar-refractivity contribution in [1.29, 1.82) is 0 Å². The lowest BCUT2D eigenvalue weighted by Crippen LogP contribution is -2.52. The number of amides is 3. The Hall–Kier alpha value is -3.03. The zero-order valence-electron chi connectivity index (χ0n) is 19.5. The Balaban J connectivity index is 1.39. The maximum absolute atomic E-state index is 13.0. The van der Waals surface area contributed by atoms with Gasteiger partial charge in [-0.15, -0.1) is 0 Å². The van der Waals surface area contributed by atoms with Gasteiger partial charge in [-0.05, 0) is 52.8 Å². The lowest BCUT2D eigenvalue weighted by atomic mass is 10.1. The Morgan fingerprint density at radius 3 is 2.12 bits per heavy atom. The minimum Gasteiger partial charge on any atom is -0.339 e. The standard InChI is InChI=1S/C24H31N5O3/c1-15-16(2)26-20-12-17(6-7-19(20)25-15)22(31)27-8-10-28(11-9-27)23(32)18-13-21(30)29(14-18)24(3,4)5/h6-7,12,18H,8-11,13-14H2,1-5H3. The van der Waals surface area contributed by atoms with Gasteiger partial charge in [0.1, 0.15) is 0 Å². The number of fused-ring (bicyclic) bond motifs is 1. The molecule has 1 aromatic carbocycles. The molecule has 2 aliphatic rings. The van der Waals surface area contributed by atoms with Crippen LogP contribution in [-0.2, 0) is 9.59 Å². The molecule has 1 aromatic heterocycles. The minimum absolute atomic E-state index is 0.0176. The molecule has 0 radical (unpaired) electrons. The van der Waals surface area contributed by atoms with Gasteiger partial charge in [0.15, 0.2) is 0 Å². The summed E-state index contributed by atoms with van der Waals surface area (Å²) < 4.78 is 0. The number of aromatic nitrogens is 2. The third-order valence-corrected chi connectivity index (χ3v) is 6.48. The molecule has 2 aliphatic heterocycles. The second-order valence-corrected chi connectivity index (χ2v) is 9.79. The monoisotopic (exact) mass is 437 g/mol. The highest BCUT2D eigenvalue weighted by Gasteiger charge is 2.41. The van der Waals surface area contributed by atoms with Gasteiger partial charge in [0, 0.05) is 50.2 Å². The highest BCUT2D eigenvalue weighted by atomic mass is 16.2. The summed E-state index contributed by atoms with van der Waals surface area (Å²) in [6.07, 6.45) is 0.270. The molecule has 3 heterocycles. The molecule has 170 valence electrons. The summed E-state index contributed by atoms with van der Waals surface area (Å²) in [4.78, 5) is 52.8. The molecule has 0 saturated carbocycles. The van der Waals surface area contributed by atoms with Gasteiger partial charge in [0.05, 0.1) is 28.3 Å². The third kappa shape index (κ3) is 4.18. The van der Waals surface area contributed by atoms with E-state index in [1.54, 1.807) is 26.8 Å². The maximum atomic E-state index is 13.0. The lowest BCUT2D eigenvalue weighted by Gasteiger charge is -2.36. The Morgan fingerprint density at radius 1 is 0.938 bits per heavy atom. The second kappa shape index (κ2) is 8.15. The Morgan fingerprint density at radius 2 is 1.53 bits per heavy atom. The van der Waals surface area contributed by atoms with Crippen LogP contribution >= 0.6 is 0 Å². The molecule has 32 heavy (non-hydrogen) atoms. The molecule has 8 nitrogen and oxygen atoms in total. The maximum Gasteiger partial charge on any atom is 0.254 e. The van der Waals surface area contributed by atoms with Crippen molar-refractivity contribution in [1.82, 2.24) is 24.7 Å². The van der Waals surface area contributed by atoms with Gasteiger partial charge >= 0.3 is 0 Å². The van der Waals surface area contributed by atoms with E-state index in [2.05, 4.69) is 9.97 Å². The zero-order valence-corrected chi connectivity index (χ0v) is 19.5. The molecule has 4 rings (SSSR count). The van der Waals surface area contributed by atoms with Crippen LogP contribution in [0.15, 0.2) is 18.2 Å². The van der Waals surface area contributed by atoms with E-state index in [0.717, 1.165) is 16.9 Å². The summed E-state index contributed by atoms with van der Waals surface area (Å²) in [5.41, 5.74) is 3.52. The van der Waals surface area contributed by atoms with Crippen LogP contribution in [0.5, 0.6) is 0 Å². The van der Waals surface area contributed by atoms with Crippen molar-refractivity contribution in [3.63, 3.8) is 0 Å². The third-order valence-electron chi connectivity index (χ3n) is 6.48. The largest absolute Gasteiger partial charge is 0.339 e. The van der Waals surface area contributed by atoms with Crippen molar-refractivity contribution in [2.24, 2.45) is 5.92 Å². The van der Waals surface area contributed by atoms with Crippen molar-refractivity contribution >= 4 is 28.8 Å². The number of nitrogens with zero attached hydrogens (tertiary/aromatic N) is 5. The number of benzene rings is 1. The van der Waals surface area contributed by atoms with Crippen LogP contribution in [-0.4, -0.2) is 80.7 Å². The number of hydrogen-bond acceptors (Lipinski definition) is 5. The van der Waals surface area contributed by atoms with E-state index in [0.29, 0.717) is 43.8 Å². The molecule has 3 amide bonds. The Bertz CT molecular complexity index is 1080. The van der Waals surface area contributed by atoms with E-state index in [4.69, 9.17) is 0 Å². The smallest absolute Gasteiger partial charge is 0.254 e. The molecule has 1 unspecified atom stereocenters. The van der Waals surface area contributed by atoms with Gasteiger partial charge in [0.25, 0.3) is 5.91 Å². The number of piperazine rings is 1. The fraction of sp³-hybridized carbons (Fsp3) is 0.542. The van der Waals surface area contributed by atoms with Crippen molar-refractivity contribution < 1.29 is 14.4 Å². The topological polar surface area (TPSA) is 86.7 Å². The van der Waals surface area contributed by atoms with Gasteiger partial charge in [-0.25, -0.2) is 9.97 Å². The quantitative estimate of drug-likeness (QED) is 0.719. The van der Waals surface area contributed by atoms with Crippen LogP contribution < -0.4 is 0 Å². The van der Waals surface area contributed by atoms with Gasteiger partial charge in [-0.1, -0.05) is 0 Å². The van der Waals surface area contributed by atoms with Crippen LogP contribution in [0.25, 0.3) is 11.0 Å². The lowest BCUT2D eigenvalue weighted by molar-refractivity contribution is -0.137. The number of likely N-dealkylation sites (tertiary alicyclic amines) is 1. The molecule has 2 saturated heterocycles. The number of carbonyl (C=O) groups is 3. The number of hydrogen-bond donors (Lipinski definition) is 0. The van der Waals surface area contributed by atoms with Crippen molar-refractivity contribution in [2.45, 2.75) is 46.6 Å². The van der Waals surface area contributed by atoms with E-state index in [9.17, 15) is 14.4 Å². The van der Waals surface area contributed by atoms with Gasteiger partial charge < -0.3 is 14.7 Å². The fourth-order valence-corrected chi connectivity index (χ4v) is 4.46. The van der Waals surface area contributed by atoms with Gasteiger partial charge in [-0.2, -0.15) is 0 Å². The van der Waals surface area contributed by atoms with Crippen LogP contribution in [0.1, 0.15) is 48.9 Å². The molecule has 1 atom stereocenters. The van der Waals surface area contributed by atoms with E-state index < -0.39 is 0 Å². The normalized spacial score (nSPS) is 19.7. The average Bonchev–Trinajstić information content (AvgIpc) is 3.15. The van der Waals surface area contributed by atoms with Crippen LogP contribution in [0, 0.1) is 19.8 Å². The first-order valence-corrected chi connectivity index (χ1v) is 11.2. The SMILES string of the molecule is Cc1nc2ccc(C(=O)N3CCN(C(=O)C4CC(=O)N(C(C)(C)C)C4)CC3)cc2nc1C. The van der Waals surface area contributed by atoms with Crippen LogP contribution in [0.2, 0.25) is 0 Å². The second-order valence-electron chi connectivity index (χ2n) is 9.79. The number of rotatable bonds is 2.